The van der Waals surface area contributed by atoms with Crippen LogP contribution in [0.1, 0.15) is 4.88 Å². The van der Waals surface area contributed by atoms with Crippen LogP contribution in [0.4, 0.5) is 0 Å². The molecule has 6 heteroatoms. The van der Waals surface area contributed by atoms with Gasteiger partial charge in [0.15, 0.2) is 4.77 Å². The Hall–Kier alpha value is -0.810. The van der Waals surface area contributed by atoms with E-state index in [1.54, 1.807) is 17.4 Å². The first-order valence-electron chi connectivity index (χ1n) is 5.25. The molecule has 2 heterocycles. The van der Waals surface area contributed by atoms with Gasteiger partial charge in [-0.1, -0.05) is 29.3 Å². The molecular formula is C12H8Cl2N2S2. The summed E-state index contributed by atoms with van der Waals surface area (Å²) in [6, 6.07) is 7.77. The zero-order chi connectivity index (χ0) is 12.7. The summed E-state index contributed by atoms with van der Waals surface area (Å²) in [7, 11) is 0. The Morgan fingerprint density at radius 3 is 2.78 bits per heavy atom. The van der Waals surface area contributed by atoms with Gasteiger partial charge in [-0.2, -0.15) is 0 Å². The van der Waals surface area contributed by atoms with Gasteiger partial charge >= 0.3 is 0 Å². The number of fused-ring (bicyclic) bond motifs is 1. The summed E-state index contributed by atoms with van der Waals surface area (Å²) < 4.78 is 2.70. The van der Waals surface area contributed by atoms with Crippen molar-refractivity contribution >= 4 is 57.8 Å². The molecule has 2 nitrogen and oxygen atoms in total. The minimum Gasteiger partial charge on any atom is -0.331 e. The molecule has 18 heavy (non-hydrogen) atoms. The molecule has 0 saturated heterocycles. The van der Waals surface area contributed by atoms with E-state index in [1.807, 2.05) is 16.7 Å². The van der Waals surface area contributed by atoms with Crippen LogP contribution in [0.25, 0.3) is 11.0 Å². The SMILES string of the molecule is S=c1[nH]c2cc(Cl)c(Cl)cc2n1Cc1cccs1. The van der Waals surface area contributed by atoms with Crippen LogP contribution in [0.3, 0.4) is 0 Å². The topological polar surface area (TPSA) is 20.7 Å². The number of aromatic amines is 1. The lowest BCUT2D eigenvalue weighted by atomic mass is 10.3. The van der Waals surface area contributed by atoms with Gasteiger partial charge < -0.3 is 9.55 Å². The summed E-state index contributed by atoms with van der Waals surface area (Å²) >= 11 is 19.1. The first-order chi connectivity index (χ1) is 8.65. The maximum absolute atomic E-state index is 6.06. The molecule has 1 N–H and O–H groups in total. The van der Waals surface area contributed by atoms with Crippen LogP contribution >= 0.6 is 46.8 Å². The number of nitrogens with one attached hydrogen (secondary N) is 1. The highest BCUT2D eigenvalue weighted by atomic mass is 35.5. The summed E-state index contributed by atoms with van der Waals surface area (Å²) in [5.41, 5.74) is 1.88. The number of halogens is 2. The Bertz CT molecular complexity index is 756. The van der Waals surface area contributed by atoms with Crippen molar-refractivity contribution in [3.63, 3.8) is 0 Å². The first kappa shape index (κ1) is 12.2. The van der Waals surface area contributed by atoms with E-state index in [9.17, 15) is 0 Å². The van der Waals surface area contributed by atoms with Gasteiger partial charge in [-0.3, -0.25) is 0 Å². The lowest BCUT2D eigenvalue weighted by molar-refractivity contribution is 0.823. The standard InChI is InChI=1S/C12H8Cl2N2S2/c13-8-4-10-11(5-9(8)14)16(12(17)15-10)6-7-2-1-3-18-7/h1-5H,6H2,(H,15,17). The number of nitrogens with zero attached hydrogens (tertiary/aromatic N) is 1. The molecule has 0 saturated carbocycles. The molecule has 2 aromatic heterocycles. The molecule has 0 amide bonds. The van der Waals surface area contributed by atoms with Gasteiger partial charge in [0.1, 0.15) is 0 Å². The van der Waals surface area contributed by atoms with Crippen LogP contribution in [-0.4, -0.2) is 9.55 Å². The summed E-state index contributed by atoms with van der Waals surface area (Å²) in [5.74, 6) is 0. The van der Waals surface area contributed by atoms with Crippen LogP contribution in [0.2, 0.25) is 10.0 Å². The monoisotopic (exact) mass is 314 g/mol. The molecule has 0 bridgehead atoms. The van der Waals surface area contributed by atoms with Crippen molar-refractivity contribution < 1.29 is 0 Å². The Balaban J connectivity index is 2.19. The van der Waals surface area contributed by atoms with Crippen molar-refractivity contribution in [1.29, 1.82) is 0 Å². The predicted molar refractivity (Wildman–Crippen MR) is 80.6 cm³/mol. The lowest BCUT2D eigenvalue weighted by Crippen LogP contribution is -1.97. The number of hydrogen-bond donors (Lipinski definition) is 1. The van der Waals surface area contributed by atoms with Crippen molar-refractivity contribution in [3.05, 3.63) is 49.3 Å². The van der Waals surface area contributed by atoms with Gasteiger partial charge in [0.25, 0.3) is 0 Å². The van der Waals surface area contributed by atoms with Gasteiger partial charge in [0.05, 0.1) is 27.6 Å². The molecule has 0 aliphatic rings. The fourth-order valence-corrected chi connectivity index (χ4v) is 3.15. The predicted octanol–water partition coefficient (Wildman–Crippen LogP) is 5.12. The molecule has 3 aromatic rings. The van der Waals surface area contributed by atoms with Crippen molar-refractivity contribution in [3.8, 4) is 0 Å². The molecule has 92 valence electrons. The van der Waals surface area contributed by atoms with E-state index in [1.165, 1.54) is 4.88 Å². The van der Waals surface area contributed by atoms with Gasteiger partial charge in [-0.05, 0) is 35.8 Å². The highest BCUT2D eigenvalue weighted by Gasteiger charge is 2.08. The third-order valence-corrected chi connectivity index (χ3v) is 4.62. The number of hydrogen-bond acceptors (Lipinski definition) is 2. The second-order valence-corrected chi connectivity index (χ2v) is 6.11. The fraction of sp³-hybridized carbons (Fsp3) is 0.0833. The fourth-order valence-electron chi connectivity index (χ4n) is 1.87. The molecule has 0 radical (unpaired) electrons. The second-order valence-electron chi connectivity index (χ2n) is 3.88. The minimum absolute atomic E-state index is 0.531. The van der Waals surface area contributed by atoms with Crippen molar-refractivity contribution in [1.82, 2.24) is 9.55 Å². The third kappa shape index (κ3) is 2.10. The highest BCUT2D eigenvalue weighted by molar-refractivity contribution is 7.71. The number of benzene rings is 1. The maximum Gasteiger partial charge on any atom is 0.178 e. The van der Waals surface area contributed by atoms with Gasteiger partial charge in [0.2, 0.25) is 0 Å². The third-order valence-electron chi connectivity index (χ3n) is 2.71. The van der Waals surface area contributed by atoms with E-state index in [4.69, 9.17) is 35.4 Å². The Labute approximate surface area is 123 Å². The smallest absolute Gasteiger partial charge is 0.178 e. The molecule has 3 rings (SSSR count). The summed E-state index contributed by atoms with van der Waals surface area (Å²) in [4.78, 5) is 4.40. The van der Waals surface area contributed by atoms with E-state index in [-0.39, 0.29) is 0 Å². The highest BCUT2D eigenvalue weighted by Crippen LogP contribution is 2.28. The second kappa shape index (κ2) is 4.70. The van der Waals surface area contributed by atoms with Crippen molar-refractivity contribution in [2.45, 2.75) is 6.54 Å². The quantitative estimate of drug-likeness (QED) is 0.651. The zero-order valence-corrected chi connectivity index (χ0v) is 12.3. The molecular weight excluding hydrogens is 307 g/mol. The first-order valence-corrected chi connectivity index (χ1v) is 7.29. The molecule has 0 aliphatic carbocycles. The summed E-state index contributed by atoms with van der Waals surface area (Å²) in [6.45, 7) is 0.745. The van der Waals surface area contributed by atoms with Gasteiger partial charge in [-0.15, -0.1) is 11.3 Å². The number of rotatable bonds is 2. The van der Waals surface area contributed by atoms with Crippen molar-refractivity contribution in [2.24, 2.45) is 0 Å². The molecule has 0 aliphatic heterocycles. The molecule has 0 spiro atoms. The normalized spacial score (nSPS) is 11.2. The Morgan fingerprint density at radius 1 is 1.28 bits per heavy atom. The average Bonchev–Trinajstić information content (AvgIpc) is 2.92. The minimum atomic E-state index is 0.531. The number of imidazole rings is 1. The number of H-pyrrole nitrogens is 1. The van der Waals surface area contributed by atoms with Crippen LogP contribution in [0.5, 0.6) is 0 Å². The van der Waals surface area contributed by atoms with E-state index >= 15 is 0 Å². The van der Waals surface area contributed by atoms with E-state index in [2.05, 4.69) is 16.4 Å². The molecule has 1 aromatic carbocycles. The van der Waals surface area contributed by atoms with Crippen LogP contribution in [-0.2, 0) is 6.54 Å². The summed E-state index contributed by atoms with van der Waals surface area (Å²) in [5, 5.41) is 3.12. The van der Waals surface area contributed by atoms with E-state index < -0.39 is 0 Å². The van der Waals surface area contributed by atoms with Crippen LogP contribution < -0.4 is 0 Å². The maximum atomic E-state index is 6.06. The van der Waals surface area contributed by atoms with Crippen LogP contribution in [0, 0.1) is 4.77 Å². The van der Waals surface area contributed by atoms with E-state index in [0.29, 0.717) is 14.8 Å². The largest absolute Gasteiger partial charge is 0.331 e. The molecule has 0 unspecified atom stereocenters. The van der Waals surface area contributed by atoms with Gasteiger partial charge in [0, 0.05) is 4.88 Å². The van der Waals surface area contributed by atoms with Crippen LogP contribution in [0.15, 0.2) is 29.6 Å². The Morgan fingerprint density at radius 2 is 2.06 bits per heavy atom. The van der Waals surface area contributed by atoms with Gasteiger partial charge in [-0.25, -0.2) is 0 Å². The summed E-state index contributed by atoms with van der Waals surface area (Å²) in [6.07, 6.45) is 0. The van der Waals surface area contributed by atoms with E-state index in [0.717, 1.165) is 17.6 Å². The average molecular weight is 315 g/mol. The molecule has 0 fully saturated rings. The zero-order valence-electron chi connectivity index (χ0n) is 9.11. The number of thiophene rings is 1. The number of aromatic nitrogens is 2. The lowest BCUT2D eigenvalue weighted by Gasteiger charge is -2.03. The Kier molecular flexibility index (Phi) is 3.20. The van der Waals surface area contributed by atoms with Crippen molar-refractivity contribution in [2.75, 3.05) is 0 Å². The molecule has 0 atom stereocenters.